The van der Waals surface area contributed by atoms with E-state index in [2.05, 4.69) is 10.2 Å². The van der Waals surface area contributed by atoms with Gasteiger partial charge in [-0.05, 0) is 51.1 Å². The zero-order valence-electron chi connectivity index (χ0n) is 16.3. The summed E-state index contributed by atoms with van der Waals surface area (Å²) in [4.78, 5) is 30.8. The van der Waals surface area contributed by atoms with Gasteiger partial charge in [0.1, 0.15) is 0 Å². The molecule has 2 aliphatic heterocycles. The summed E-state index contributed by atoms with van der Waals surface area (Å²) in [5.74, 6) is -0.00430. The lowest BCUT2D eigenvalue weighted by Gasteiger charge is -2.29. The number of amides is 2. The first-order valence-electron chi connectivity index (χ1n) is 9.76. The van der Waals surface area contributed by atoms with Gasteiger partial charge < -0.3 is 19.9 Å². The minimum absolute atomic E-state index is 0.109. The number of nitrogens with zero attached hydrogens (tertiary/aromatic N) is 3. The van der Waals surface area contributed by atoms with Crippen molar-refractivity contribution in [2.24, 2.45) is 0 Å². The summed E-state index contributed by atoms with van der Waals surface area (Å²) in [6.45, 7) is 6.99. The van der Waals surface area contributed by atoms with E-state index in [0.29, 0.717) is 0 Å². The molecule has 0 aliphatic carbocycles. The molecule has 0 saturated carbocycles. The molecule has 7 heteroatoms. The largest absolute Gasteiger partial charge is 0.378 e. The molecule has 1 aromatic carbocycles. The molecule has 0 aromatic heterocycles. The van der Waals surface area contributed by atoms with Gasteiger partial charge >= 0.3 is 0 Å². The number of likely N-dealkylation sites (N-methyl/N-ethyl adjacent to an activating group) is 1. The number of carbonyl (C=O) groups excluding carboxylic acids is 2. The summed E-state index contributed by atoms with van der Waals surface area (Å²) < 4.78 is 5.37. The van der Waals surface area contributed by atoms with Gasteiger partial charge in [-0.1, -0.05) is 0 Å². The van der Waals surface area contributed by atoms with Crippen molar-refractivity contribution in [3.05, 3.63) is 24.3 Å². The molecule has 1 atom stereocenters. The van der Waals surface area contributed by atoms with Crippen LogP contribution in [-0.4, -0.2) is 80.6 Å². The summed E-state index contributed by atoms with van der Waals surface area (Å²) in [6, 6.07) is 7.58. The van der Waals surface area contributed by atoms with Crippen LogP contribution in [0.2, 0.25) is 0 Å². The second-order valence-electron chi connectivity index (χ2n) is 7.32. The third kappa shape index (κ3) is 5.20. The third-order valence-corrected chi connectivity index (χ3v) is 5.36. The van der Waals surface area contributed by atoms with Crippen molar-refractivity contribution in [2.45, 2.75) is 25.8 Å². The van der Waals surface area contributed by atoms with Crippen LogP contribution in [0.25, 0.3) is 0 Å². The normalized spacial score (nSPS) is 18.6. The highest BCUT2D eigenvalue weighted by molar-refractivity contribution is 5.93. The lowest BCUT2D eigenvalue weighted by atomic mass is 10.2. The molecule has 2 saturated heterocycles. The molecule has 148 valence electrons. The monoisotopic (exact) mass is 374 g/mol. The van der Waals surface area contributed by atoms with E-state index >= 15 is 0 Å². The molecule has 27 heavy (non-hydrogen) atoms. The van der Waals surface area contributed by atoms with E-state index in [4.69, 9.17) is 4.74 Å². The van der Waals surface area contributed by atoms with Gasteiger partial charge in [0.05, 0.1) is 25.8 Å². The molecular weight excluding hydrogens is 344 g/mol. The molecule has 1 aromatic rings. The molecule has 2 fully saturated rings. The van der Waals surface area contributed by atoms with E-state index in [-0.39, 0.29) is 24.4 Å². The third-order valence-electron chi connectivity index (χ3n) is 5.36. The predicted octanol–water partition coefficient (Wildman–Crippen LogP) is 1.40. The SMILES string of the molecule is C[C@H](C(=O)N1CCCC1)N(C)CC(=O)Nc1ccc(N2CCOCC2)cc1. The molecule has 0 radical (unpaired) electrons. The van der Waals surface area contributed by atoms with Crippen molar-refractivity contribution < 1.29 is 14.3 Å². The lowest BCUT2D eigenvalue weighted by Crippen LogP contribution is -2.46. The first kappa shape index (κ1) is 19.6. The van der Waals surface area contributed by atoms with Crippen molar-refractivity contribution in [3.63, 3.8) is 0 Å². The van der Waals surface area contributed by atoms with Crippen LogP contribution in [0.5, 0.6) is 0 Å². The zero-order valence-corrected chi connectivity index (χ0v) is 16.3. The van der Waals surface area contributed by atoms with Crippen LogP contribution in [0.4, 0.5) is 11.4 Å². The molecule has 2 aliphatic rings. The summed E-state index contributed by atoms with van der Waals surface area (Å²) in [5.41, 5.74) is 1.90. The van der Waals surface area contributed by atoms with E-state index in [1.54, 1.807) is 4.90 Å². The van der Waals surface area contributed by atoms with Gasteiger partial charge in [0, 0.05) is 37.6 Å². The van der Waals surface area contributed by atoms with Gasteiger partial charge in [-0.3, -0.25) is 14.5 Å². The molecular formula is C20H30N4O3. The van der Waals surface area contributed by atoms with E-state index in [1.807, 2.05) is 43.1 Å². The number of carbonyl (C=O) groups is 2. The molecule has 0 bridgehead atoms. The summed E-state index contributed by atoms with van der Waals surface area (Å²) in [7, 11) is 1.82. The van der Waals surface area contributed by atoms with Gasteiger partial charge in [0.15, 0.2) is 0 Å². The topological polar surface area (TPSA) is 65.1 Å². The summed E-state index contributed by atoms with van der Waals surface area (Å²) in [5, 5.41) is 2.92. The second kappa shape index (κ2) is 9.19. The van der Waals surface area contributed by atoms with Crippen molar-refractivity contribution >= 4 is 23.2 Å². The Morgan fingerprint density at radius 1 is 1.11 bits per heavy atom. The number of anilines is 2. The number of nitrogens with one attached hydrogen (secondary N) is 1. The number of ether oxygens (including phenoxy) is 1. The molecule has 0 spiro atoms. The van der Waals surface area contributed by atoms with Crippen molar-refractivity contribution in [1.29, 1.82) is 0 Å². The summed E-state index contributed by atoms with van der Waals surface area (Å²) in [6.07, 6.45) is 2.15. The minimum atomic E-state index is -0.294. The predicted molar refractivity (Wildman–Crippen MR) is 106 cm³/mol. The maximum Gasteiger partial charge on any atom is 0.239 e. The Kier molecular flexibility index (Phi) is 6.68. The number of rotatable bonds is 6. The Hall–Kier alpha value is -2.12. The fourth-order valence-corrected chi connectivity index (χ4v) is 3.53. The Balaban J connectivity index is 1.48. The van der Waals surface area contributed by atoms with Crippen LogP contribution in [0, 0.1) is 0 Å². The quantitative estimate of drug-likeness (QED) is 0.816. The maximum atomic E-state index is 12.5. The van der Waals surface area contributed by atoms with Crippen LogP contribution >= 0.6 is 0 Å². The van der Waals surface area contributed by atoms with Crippen LogP contribution in [-0.2, 0) is 14.3 Å². The molecule has 3 rings (SSSR count). The first-order valence-corrected chi connectivity index (χ1v) is 9.76. The summed E-state index contributed by atoms with van der Waals surface area (Å²) >= 11 is 0. The number of morpholine rings is 1. The van der Waals surface area contributed by atoms with E-state index in [1.165, 1.54) is 0 Å². The van der Waals surface area contributed by atoms with Gasteiger partial charge in [-0.15, -0.1) is 0 Å². The van der Waals surface area contributed by atoms with E-state index in [9.17, 15) is 9.59 Å². The van der Waals surface area contributed by atoms with Gasteiger partial charge in [-0.2, -0.15) is 0 Å². The Morgan fingerprint density at radius 3 is 2.37 bits per heavy atom. The molecule has 1 N–H and O–H groups in total. The molecule has 7 nitrogen and oxygen atoms in total. The lowest BCUT2D eigenvalue weighted by molar-refractivity contribution is -0.135. The zero-order chi connectivity index (χ0) is 19.2. The van der Waals surface area contributed by atoms with E-state index in [0.717, 1.165) is 63.6 Å². The van der Waals surface area contributed by atoms with Crippen molar-refractivity contribution in [2.75, 3.05) is 63.2 Å². The standard InChI is InChI=1S/C20H30N4O3/c1-16(20(26)24-9-3-4-10-24)22(2)15-19(25)21-17-5-7-18(8-6-17)23-11-13-27-14-12-23/h5-8,16H,3-4,9-15H2,1-2H3,(H,21,25)/t16-/m1/s1. The molecule has 0 unspecified atom stereocenters. The van der Waals surface area contributed by atoms with Gasteiger partial charge in [-0.25, -0.2) is 0 Å². The fourth-order valence-electron chi connectivity index (χ4n) is 3.53. The van der Waals surface area contributed by atoms with Crippen molar-refractivity contribution in [3.8, 4) is 0 Å². The van der Waals surface area contributed by atoms with Crippen LogP contribution in [0.15, 0.2) is 24.3 Å². The first-order chi connectivity index (χ1) is 13.0. The van der Waals surface area contributed by atoms with Gasteiger partial charge in [0.2, 0.25) is 11.8 Å². The number of likely N-dealkylation sites (tertiary alicyclic amines) is 1. The minimum Gasteiger partial charge on any atom is -0.378 e. The highest BCUT2D eigenvalue weighted by Crippen LogP contribution is 2.19. The fraction of sp³-hybridized carbons (Fsp3) is 0.600. The van der Waals surface area contributed by atoms with Crippen molar-refractivity contribution in [1.82, 2.24) is 9.80 Å². The Bertz CT molecular complexity index is 637. The van der Waals surface area contributed by atoms with Crippen LogP contribution < -0.4 is 10.2 Å². The Morgan fingerprint density at radius 2 is 1.74 bits per heavy atom. The Labute approximate surface area is 161 Å². The second-order valence-corrected chi connectivity index (χ2v) is 7.32. The van der Waals surface area contributed by atoms with Crippen LogP contribution in [0.3, 0.4) is 0 Å². The molecule has 2 heterocycles. The smallest absolute Gasteiger partial charge is 0.239 e. The number of hydrogen-bond acceptors (Lipinski definition) is 5. The number of hydrogen-bond donors (Lipinski definition) is 1. The number of benzene rings is 1. The maximum absolute atomic E-state index is 12.5. The highest BCUT2D eigenvalue weighted by atomic mass is 16.5. The van der Waals surface area contributed by atoms with Crippen LogP contribution in [0.1, 0.15) is 19.8 Å². The average molecular weight is 374 g/mol. The van der Waals surface area contributed by atoms with Gasteiger partial charge in [0.25, 0.3) is 0 Å². The molecule has 2 amide bonds. The highest BCUT2D eigenvalue weighted by Gasteiger charge is 2.26. The average Bonchev–Trinajstić information content (AvgIpc) is 3.22. The van der Waals surface area contributed by atoms with E-state index < -0.39 is 0 Å².